The molecule has 0 bridgehead atoms. The molecule has 0 radical (unpaired) electrons. The molecule has 0 aliphatic rings. The van der Waals surface area contributed by atoms with E-state index in [2.05, 4.69) is 4.74 Å². The maximum Gasteiger partial charge on any atom is 0.342 e. The number of ether oxygens (including phenoxy) is 1. The van der Waals surface area contributed by atoms with E-state index in [1.807, 2.05) is 0 Å². The van der Waals surface area contributed by atoms with Gasteiger partial charge in [0.05, 0.1) is 7.11 Å². The fourth-order valence-electron chi connectivity index (χ4n) is 1.19. The first-order valence-electron chi connectivity index (χ1n) is 4.16. The number of esters is 1. The van der Waals surface area contributed by atoms with E-state index >= 15 is 0 Å². The lowest BCUT2D eigenvalue weighted by Gasteiger charge is -2.20. The maximum atomic E-state index is 13.2. The molecule has 0 aliphatic carbocycles. The summed E-state index contributed by atoms with van der Waals surface area (Å²) in [6.45, 7) is 1.08. The highest BCUT2D eigenvalue weighted by atomic mass is 19.1. The van der Waals surface area contributed by atoms with Crippen molar-refractivity contribution in [2.45, 2.75) is 12.5 Å². The third-order valence-electron chi connectivity index (χ3n) is 2.04. The quantitative estimate of drug-likeness (QED) is 0.759. The summed E-state index contributed by atoms with van der Waals surface area (Å²) in [5.41, 5.74) is -2.44. The van der Waals surface area contributed by atoms with Crippen molar-refractivity contribution in [3.8, 4) is 0 Å². The molecule has 82 valence electrons. The molecule has 1 atom stereocenters. The van der Waals surface area contributed by atoms with Crippen molar-refractivity contribution in [3.05, 3.63) is 35.4 Å². The summed E-state index contributed by atoms with van der Waals surface area (Å²) >= 11 is 0. The average Bonchev–Trinajstić information content (AvgIpc) is 2.15. The molecule has 0 amide bonds. The lowest BCUT2D eigenvalue weighted by molar-refractivity contribution is -0.161. The lowest BCUT2D eigenvalue weighted by Crippen LogP contribution is -2.34. The van der Waals surface area contributed by atoms with Crippen molar-refractivity contribution in [3.63, 3.8) is 0 Å². The topological polar surface area (TPSA) is 46.5 Å². The standard InChI is InChI=1S/C10H10F2O3/c1-10(14,9(13)15-2)7-4-3-6(11)5-8(7)12/h3-5,14H,1-2H3. The molecule has 0 heterocycles. The molecule has 5 heteroatoms. The third kappa shape index (κ3) is 2.12. The van der Waals surface area contributed by atoms with Gasteiger partial charge in [0.1, 0.15) is 11.6 Å². The SMILES string of the molecule is COC(=O)C(C)(O)c1ccc(F)cc1F. The predicted molar refractivity (Wildman–Crippen MR) is 47.9 cm³/mol. The zero-order valence-electron chi connectivity index (χ0n) is 8.25. The minimum atomic E-state index is -2.12. The van der Waals surface area contributed by atoms with Gasteiger partial charge in [0.25, 0.3) is 0 Å². The van der Waals surface area contributed by atoms with Gasteiger partial charge >= 0.3 is 5.97 Å². The van der Waals surface area contributed by atoms with Crippen molar-refractivity contribution in [1.29, 1.82) is 0 Å². The van der Waals surface area contributed by atoms with Gasteiger partial charge in [0.2, 0.25) is 0 Å². The van der Waals surface area contributed by atoms with Gasteiger partial charge in [-0.15, -0.1) is 0 Å². The number of carbonyl (C=O) groups excluding carboxylic acids is 1. The van der Waals surface area contributed by atoms with Gasteiger partial charge in [-0.25, -0.2) is 13.6 Å². The van der Waals surface area contributed by atoms with E-state index in [0.29, 0.717) is 6.07 Å². The Balaban J connectivity index is 3.21. The van der Waals surface area contributed by atoms with Crippen LogP contribution in [0.1, 0.15) is 12.5 Å². The fourth-order valence-corrected chi connectivity index (χ4v) is 1.19. The molecule has 1 aromatic carbocycles. The zero-order chi connectivity index (χ0) is 11.6. The van der Waals surface area contributed by atoms with Gasteiger partial charge in [-0.3, -0.25) is 0 Å². The van der Waals surface area contributed by atoms with E-state index in [1.165, 1.54) is 0 Å². The Morgan fingerprint density at radius 1 is 1.47 bits per heavy atom. The molecule has 0 aromatic heterocycles. The fraction of sp³-hybridized carbons (Fsp3) is 0.300. The Morgan fingerprint density at radius 2 is 2.07 bits per heavy atom. The van der Waals surface area contributed by atoms with Crippen LogP contribution in [-0.4, -0.2) is 18.2 Å². The van der Waals surface area contributed by atoms with Crippen LogP contribution in [0, 0.1) is 11.6 Å². The van der Waals surface area contributed by atoms with Gasteiger partial charge in [0.15, 0.2) is 5.60 Å². The molecule has 1 unspecified atom stereocenters. The number of halogens is 2. The van der Waals surface area contributed by atoms with Crippen LogP contribution in [0.3, 0.4) is 0 Å². The number of methoxy groups -OCH3 is 1. The maximum absolute atomic E-state index is 13.2. The second kappa shape index (κ2) is 3.94. The van der Waals surface area contributed by atoms with Crippen LogP contribution in [0.5, 0.6) is 0 Å². The summed E-state index contributed by atoms with van der Waals surface area (Å²) in [6.07, 6.45) is 0. The molecular weight excluding hydrogens is 206 g/mol. The predicted octanol–water partition coefficient (Wildman–Crippen LogP) is 1.35. The Labute approximate surface area is 85.3 Å². The summed E-state index contributed by atoms with van der Waals surface area (Å²) in [5, 5.41) is 9.69. The largest absolute Gasteiger partial charge is 0.467 e. The van der Waals surface area contributed by atoms with Crippen LogP contribution in [0.15, 0.2) is 18.2 Å². The third-order valence-corrected chi connectivity index (χ3v) is 2.04. The molecule has 0 saturated heterocycles. The van der Waals surface area contributed by atoms with Crippen LogP contribution < -0.4 is 0 Å². The summed E-state index contributed by atoms with van der Waals surface area (Å²) in [7, 11) is 1.07. The minimum absolute atomic E-state index is 0.323. The number of rotatable bonds is 2. The Hall–Kier alpha value is -1.49. The average molecular weight is 216 g/mol. The Bertz CT molecular complexity index is 388. The van der Waals surface area contributed by atoms with Crippen molar-refractivity contribution in [2.24, 2.45) is 0 Å². The van der Waals surface area contributed by atoms with Crippen molar-refractivity contribution in [2.75, 3.05) is 7.11 Å². The Kier molecular flexibility index (Phi) is 3.04. The molecule has 0 spiro atoms. The van der Waals surface area contributed by atoms with E-state index in [9.17, 15) is 18.7 Å². The number of hydrogen-bond donors (Lipinski definition) is 1. The molecule has 0 aliphatic heterocycles. The first kappa shape index (κ1) is 11.6. The van der Waals surface area contributed by atoms with Gasteiger partial charge < -0.3 is 9.84 Å². The van der Waals surface area contributed by atoms with Crippen LogP contribution in [-0.2, 0) is 15.1 Å². The van der Waals surface area contributed by atoms with Crippen molar-refractivity contribution >= 4 is 5.97 Å². The van der Waals surface area contributed by atoms with E-state index in [-0.39, 0.29) is 5.56 Å². The van der Waals surface area contributed by atoms with Crippen molar-refractivity contribution in [1.82, 2.24) is 0 Å². The second-order valence-electron chi connectivity index (χ2n) is 3.19. The number of carbonyl (C=O) groups is 1. The molecule has 0 fully saturated rings. The first-order valence-corrected chi connectivity index (χ1v) is 4.16. The smallest absolute Gasteiger partial charge is 0.342 e. The summed E-state index contributed by atoms with van der Waals surface area (Å²) in [4.78, 5) is 11.1. The van der Waals surface area contributed by atoms with Gasteiger partial charge in [0, 0.05) is 11.6 Å². The van der Waals surface area contributed by atoms with Crippen LogP contribution in [0.2, 0.25) is 0 Å². The molecule has 1 aromatic rings. The van der Waals surface area contributed by atoms with Crippen LogP contribution in [0.4, 0.5) is 8.78 Å². The zero-order valence-corrected chi connectivity index (χ0v) is 8.25. The summed E-state index contributed by atoms with van der Waals surface area (Å²) in [5.74, 6) is -2.78. The van der Waals surface area contributed by atoms with E-state index in [1.54, 1.807) is 0 Å². The monoisotopic (exact) mass is 216 g/mol. The van der Waals surface area contributed by atoms with Gasteiger partial charge in [-0.1, -0.05) is 0 Å². The van der Waals surface area contributed by atoms with E-state index in [0.717, 1.165) is 26.2 Å². The van der Waals surface area contributed by atoms with Crippen LogP contribution in [0.25, 0.3) is 0 Å². The van der Waals surface area contributed by atoms with E-state index < -0.39 is 23.2 Å². The van der Waals surface area contributed by atoms with Crippen molar-refractivity contribution < 1.29 is 23.4 Å². The molecule has 1 N–H and O–H groups in total. The molecule has 3 nitrogen and oxygen atoms in total. The molecule has 15 heavy (non-hydrogen) atoms. The summed E-state index contributed by atoms with van der Waals surface area (Å²) < 4.78 is 30.1. The number of hydrogen-bond acceptors (Lipinski definition) is 3. The lowest BCUT2D eigenvalue weighted by atomic mass is 9.95. The highest BCUT2D eigenvalue weighted by Crippen LogP contribution is 2.25. The number of aliphatic hydroxyl groups is 1. The normalized spacial score (nSPS) is 14.5. The van der Waals surface area contributed by atoms with Gasteiger partial charge in [-0.2, -0.15) is 0 Å². The second-order valence-corrected chi connectivity index (χ2v) is 3.19. The van der Waals surface area contributed by atoms with Gasteiger partial charge in [-0.05, 0) is 19.1 Å². The first-order chi connectivity index (χ1) is 6.89. The molecule has 0 saturated carbocycles. The molecular formula is C10H10F2O3. The summed E-state index contributed by atoms with van der Waals surface area (Å²) in [6, 6.07) is 2.55. The number of benzene rings is 1. The van der Waals surface area contributed by atoms with E-state index in [4.69, 9.17) is 0 Å². The Morgan fingerprint density at radius 3 is 2.53 bits per heavy atom. The highest BCUT2D eigenvalue weighted by Gasteiger charge is 2.36. The highest BCUT2D eigenvalue weighted by molar-refractivity contribution is 5.80. The minimum Gasteiger partial charge on any atom is -0.467 e. The molecule has 1 rings (SSSR count). The van der Waals surface area contributed by atoms with Crippen LogP contribution >= 0.6 is 0 Å².